The summed E-state index contributed by atoms with van der Waals surface area (Å²) in [4.78, 5) is 26.4. The third-order valence-electron chi connectivity index (χ3n) is 4.61. The van der Waals surface area contributed by atoms with E-state index in [9.17, 15) is 9.59 Å². The number of aromatic nitrogens is 1. The first-order valence-corrected chi connectivity index (χ1v) is 8.99. The normalized spacial score (nSPS) is 15.7. The Morgan fingerprint density at radius 2 is 2.00 bits per heavy atom. The molecule has 0 aliphatic carbocycles. The lowest BCUT2D eigenvalue weighted by atomic mass is 9.97. The molecule has 1 aliphatic rings. The van der Waals surface area contributed by atoms with Crippen LogP contribution in [0.2, 0.25) is 0 Å². The van der Waals surface area contributed by atoms with Crippen molar-refractivity contribution in [3.63, 3.8) is 0 Å². The number of hydrogen-bond acceptors (Lipinski definition) is 5. The summed E-state index contributed by atoms with van der Waals surface area (Å²) in [5.74, 6) is -0.374. The molecule has 0 atom stereocenters. The lowest BCUT2D eigenvalue weighted by molar-refractivity contribution is -0.146. The van der Waals surface area contributed by atoms with E-state index in [1.165, 1.54) is 7.11 Å². The molecule has 25 heavy (non-hydrogen) atoms. The fourth-order valence-corrected chi connectivity index (χ4v) is 3.65. The van der Waals surface area contributed by atoms with Gasteiger partial charge in [0.2, 0.25) is 0 Å². The minimum absolute atomic E-state index is 0.0538. The summed E-state index contributed by atoms with van der Waals surface area (Å²) in [6.07, 6.45) is 1.25. The molecule has 0 bridgehead atoms. The molecule has 2 aromatic rings. The molecule has 3 heterocycles. The molecule has 7 nitrogen and oxygen atoms in total. The van der Waals surface area contributed by atoms with Crippen LogP contribution in [-0.2, 0) is 20.8 Å². The average molecular weight is 413 g/mol. The number of halogens is 1. The van der Waals surface area contributed by atoms with E-state index in [0.717, 1.165) is 5.52 Å². The van der Waals surface area contributed by atoms with Crippen LogP contribution in [-0.4, -0.2) is 55.3 Å². The standard InChI is InChI=1S/C17H21BrN2O5/c1-23-8-7-20-12-10-15(18)25-14(12)9-13(20)16(21)19-5-3-11(4-6-19)17(22)24-2/h9-11H,3-8H2,1-2H3. The van der Waals surface area contributed by atoms with Crippen LogP contribution in [0.4, 0.5) is 0 Å². The Morgan fingerprint density at radius 3 is 2.64 bits per heavy atom. The van der Waals surface area contributed by atoms with Gasteiger partial charge in [-0.15, -0.1) is 0 Å². The number of likely N-dealkylation sites (tertiary alicyclic amines) is 1. The molecule has 0 radical (unpaired) electrons. The molecule has 1 saturated heterocycles. The van der Waals surface area contributed by atoms with Crippen LogP contribution in [0.1, 0.15) is 23.3 Å². The van der Waals surface area contributed by atoms with Gasteiger partial charge in [0.1, 0.15) is 5.69 Å². The molecule has 1 fully saturated rings. The molecule has 0 unspecified atom stereocenters. The number of esters is 1. The summed E-state index contributed by atoms with van der Waals surface area (Å²) in [5, 5.41) is 0. The summed E-state index contributed by atoms with van der Waals surface area (Å²) in [7, 11) is 3.03. The highest BCUT2D eigenvalue weighted by Crippen LogP contribution is 2.28. The highest BCUT2D eigenvalue weighted by atomic mass is 79.9. The van der Waals surface area contributed by atoms with Crippen LogP contribution in [0, 0.1) is 5.92 Å². The number of carbonyl (C=O) groups is 2. The van der Waals surface area contributed by atoms with E-state index in [2.05, 4.69) is 15.9 Å². The van der Waals surface area contributed by atoms with E-state index in [-0.39, 0.29) is 17.8 Å². The van der Waals surface area contributed by atoms with Crippen molar-refractivity contribution < 1.29 is 23.5 Å². The number of piperidine rings is 1. The van der Waals surface area contributed by atoms with Crippen molar-refractivity contribution in [3.05, 3.63) is 22.5 Å². The number of methoxy groups -OCH3 is 2. The maximum atomic E-state index is 13.0. The summed E-state index contributed by atoms with van der Waals surface area (Å²) in [6.45, 7) is 2.14. The molecule has 1 aliphatic heterocycles. The Bertz CT molecular complexity index is 773. The molecule has 0 aromatic carbocycles. The van der Waals surface area contributed by atoms with Gasteiger partial charge < -0.3 is 23.4 Å². The highest BCUT2D eigenvalue weighted by molar-refractivity contribution is 9.10. The van der Waals surface area contributed by atoms with Crippen molar-refractivity contribution in [2.45, 2.75) is 19.4 Å². The second-order valence-electron chi connectivity index (χ2n) is 6.06. The van der Waals surface area contributed by atoms with Crippen LogP contribution in [0.25, 0.3) is 11.1 Å². The van der Waals surface area contributed by atoms with Crippen molar-refractivity contribution >= 4 is 38.9 Å². The predicted molar refractivity (Wildman–Crippen MR) is 94.4 cm³/mol. The van der Waals surface area contributed by atoms with Crippen molar-refractivity contribution in [2.75, 3.05) is 33.9 Å². The topological polar surface area (TPSA) is 73.9 Å². The van der Waals surface area contributed by atoms with Crippen molar-refractivity contribution in [2.24, 2.45) is 5.92 Å². The first-order valence-electron chi connectivity index (χ1n) is 8.19. The third kappa shape index (κ3) is 3.59. The molecule has 0 saturated carbocycles. The molecular formula is C17H21BrN2O5. The minimum atomic E-state index is -0.196. The van der Waals surface area contributed by atoms with Crippen LogP contribution >= 0.6 is 15.9 Å². The van der Waals surface area contributed by atoms with Gasteiger partial charge in [0.05, 0.1) is 25.2 Å². The third-order valence-corrected chi connectivity index (χ3v) is 5.01. The summed E-state index contributed by atoms with van der Waals surface area (Å²) >= 11 is 3.32. The van der Waals surface area contributed by atoms with Gasteiger partial charge >= 0.3 is 5.97 Å². The number of nitrogens with zero attached hydrogens (tertiary/aromatic N) is 2. The van der Waals surface area contributed by atoms with Crippen LogP contribution in [0.3, 0.4) is 0 Å². The fraction of sp³-hybridized carbons (Fsp3) is 0.529. The van der Waals surface area contributed by atoms with Gasteiger partial charge in [-0.05, 0) is 28.8 Å². The van der Waals surface area contributed by atoms with E-state index in [1.54, 1.807) is 18.1 Å². The SMILES string of the molecule is COCCn1c(C(=O)N2CCC(C(=O)OC)CC2)cc2oc(Br)cc21. The van der Waals surface area contributed by atoms with Crippen molar-refractivity contribution in [1.29, 1.82) is 0 Å². The first kappa shape index (κ1) is 18.0. The van der Waals surface area contributed by atoms with Gasteiger partial charge in [-0.2, -0.15) is 0 Å². The zero-order valence-corrected chi connectivity index (χ0v) is 15.9. The molecule has 8 heteroatoms. The molecule has 0 N–H and O–H groups in total. The number of amides is 1. The van der Waals surface area contributed by atoms with Gasteiger partial charge in [0, 0.05) is 38.9 Å². The zero-order chi connectivity index (χ0) is 18.0. The maximum absolute atomic E-state index is 13.0. The van der Waals surface area contributed by atoms with Crippen LogP contribution in [0.5, 0.6) is 0 Å². The fourth-order valence-electron chi connectivity index (χ4n) is 3.26. The van der Waals surface area contributed by atoms with Gasteiger partial charge in [0.25, 0.3) is 5.91 Å². The molecule has 1 amide bonds. The quantitative estimate of drug-likeness (QED) is 0.705. The van der Waals surface area contributed by atoms with Crippen LogP contribution < -0.4 is 0 Å². The largest absolute Gasteiger partial charge is 0.469 e. The predicted octanol–water partition coefficient (Wildman–Crippen LogP) is 2.67. The maximum Gasteiger partial charge on any atom is 0.308 e. The van der Waals surface area contributed by atoms with Gasteiger partial charge in [-0.25, -0.2) is 0 Å². The minimum Gasteiger partial charge on any atom is -0.469 e. The highest BCUT2D eigenvalue weighted by Gasteiger charge is 2.30. The molecule has 0 spiro atoms. The average Bonchev–Trinajstić information content (AvgIpc) is 3.15. The van der Waals surface area contributed by atoms with Crippen LogP contribution in [0.15, 0.2) is 21.2 Å². The Morgan fingerprint density at radius 1 is 1.28 bits per heavy atom. The van der Waals surface area contributed by atoms with E-state index in [1.807, 2.05) is 10.6 Å². The molecule has 136 valence electrons. The van der Waals surface area contributed by atoms with Crippen molar-refractivity contribution in [1.82, 2.24) is 9.47 Å². The Hall–Kier alpha value is -1.80. The Kier molecular flexibility index (Phi) is 5.48. The van der Waals surface area contributed by atoms with E-state index >= 15 is 0 Å². The molecule has 3 rings (SSSR count). The Labute approximate surface area is 154 Å². The van der Waals surface area contributed by atoms with Gasteiger partial charge in [-0.1, -0.05) is 0 Å². The van der Waals surface area contributed by atoms with E-state index in [0.29, 0.717) is 55.0 Å². The molecular weight excluding hydrogens is 392 g/mol. The second kappa shape index (κ2) is 7.61. The number of carbonyl (C=O) groups excluding carboxylic acids is 2. The summed E-state index contributed by atoms with van der Waals surface area (Å²) in [5.41, 5.74) is 2.10. The summed E-state index contributed by atoms with van der Waals surface area (Å²) < 4.78 is 18.1. The zero-order valence-electron chi connectivity index (χ0n) is 14.3. The van der Waals surface area contributed by atoms with E-state index < -0.39 is 0 Å². The number of fused-ring (bicyclic) bond motifs is 1. The smallest absolute Gasteiger partial charge is 0.308 e. The lowest BCUT2D eigenvalue weighted by Gasteiger charge is -2.30. The van der Waals surface area contributed by atoms with Gasteiger partial charge in [0.15, 0.2) is 10.3 Å². The number of rotatable bonds is 5. The summed E-state index contributed by atoms with van der Waals surface area (Å²) in [6, 6.07) is 3.62. The lowest BCUT2D eigenvalue weighted by Crippen LogP contribution is -2.41. The van der Waals surface area contributed by atoms with E-state index in [4.69, 9.17) is 13.9 Å². The van der Waals surface area contributed by atoms with Crippen molar-refractivity contribution in [3.8, 4) is 0 Å². The first-order chi connectivity index (χ1) is 12.0. The number of hydrogen-bond donors (Lipinski definition) is 0. The van der Waals surface area contributed by atoms with Gasteiger partial charge in [-0.3, -0.25) is 9.59 Å². The number of ether oxygens (including phenoxy) is 2. The second-order valence-corrected chi connectivity index (χ2v) is 6.85. The monoisotopic (exact) mass is 412 g/mol. The Balaban J connectivity index is 1.80. The molecule has 2 aromatic heterocycles. The number of furan rings is 1.